The lowest BCUT2D eigenvalue weighted by molar-refractivity contribution is -0.125. The summed E-state index contributed by atoms with van der Waals surface area (Å²) in [5.41, 5.74) is 5.97. The van der Waals surface area contributed by atoms with Crippen molar-refractivity contribution < 1.29 is 35.1 Å². The maximum absolute atomic E-state index is 12.5. The molecule has 2 aromatic carbocycles. The molecule has 9 heteroatoms. The minimum atomic E-state index is -1.69. The summed E-state index contributed by atoms with van der Waals surface area (Å²) >= 11 is 6.72. The number of halogens is 1. The number of ether oxygens (including phenoxy) is 1. The first-order valence-corrected chi connectivity index (χ1v) is 17.3. The molecule has 2 aliphatic rings. The van der Waals surface area contributed by atoms with E-state index in [0.717, 1.165) is 66.8 Å². The van der Waals surface area contributed by atoms with E-state index < -0.39 is 31.0 Å². The van der Waals surface area contributed by atoms with Gasteiger partial charge in [0.25, 0.3) is 0 Å². The fourth-order valence-corrected chi connectivity index (χ4v) is 6.63. The molecule has 5 N–H and O–H groups in total. The minimum Gasteiger partial charge on any atom is -0.490 e. The van der Waals surface area contributed by atoms with Gasteiger partial charge in [0.2, 0.25) is 0 Å². The SMILES string of the molecule is CC(CCCC(=O)CC[C@H](O)[C@@H](O)[C@H](O)[C@H](O)CO)c1ccc(Cl)c(CCC2(c3cnccc3-c3ccccc3OC3CC3)CC2)c1. The van der Waals surface area contributed by atoms with Gasteiger partial charge in [-0.05, 0) is 110 Å². The summed E-state index contributed by atoms with van der Waals surface area (Å²) in [5, 5.41) is 49.0. The van der Waals surface area contributed by atoms with Crippen LogP contribution in [0.5, 0.6) is 5.75 Å². The van der Waals surface area contributed by atoms with E-state index in [2.05, 4.69) is 48.3 Å². The Bertz CT molecular complexity index is 1490. The van der Waals surface area contributed by atoms with Crippen LogP contribution in [0.3, 0.4) is 0 Å². The van der Waals surface area contributed by atoms with Gasteiger partial charge in [0.15, 0.2) is 0 Å². The highest BCUT2D eigenvalue weighted by Crippen LogP contribution is 2.55. The highest BCUT2D eigenvalue weighted by atomic mass is 35.5. The molecule has 8 nitrogen and oxygen atoms in total. The van der Waals surface area contributed by atoms with E-state index in [9.17, 15) is 25.2 Å². The molecule has 0 aliphatic heterocycles. The Hall–Kier alpha value is -2.85. The van der Waals surface area contributed by atoms with Crippen LogP contribution in [0.4, 0.5) is 0 Å². The lowest BCUT2D eigenvalue weighted by Crippen LogP contribution is -2.45. The third-order valence-corrected chi connectivity index (χ3v) is 10.3. The van der Waals surface area contributed by atoms with Crippen molar-refractivity contribution >= 4 is 17.4 Å². The van der Waals surface area contributed by atoms with Gasteiger partial charge in [-0.3, -0.25) is 9.78 Å². The number of carbonyl (C=O) groups excluding carboxylic acids is 1. The maximum Gasteiger partial charge on any atom is 0.133 e. The third kappa shape index (κ3) is 9.19. The highest BCUT2D eigenvalue weighted by Gasteiger charge is 2.45. The quantitative estimate of drug-likeness (QED) is 0.110. The van der Waals surface area contributed by atoms with Gasteiger partial charge >= 0.3 is 0 Å². The second-order valence-electron chi connectivity index (χ2n) is 13.5. The molecule has 5 rings (SSSR count). The zero-order valence-corrected chi connectivity index (χ0v) is 27.9. The van der Waals surface area contributed by atoms with Crippen LogP contribution in [0.25, 0.3) is 11.1 Å². The predicted octanol–water partition coefficient (Wildman–Crippen LogP) is 5.67. The molecular formula is C38H48ClNO7. The van der Waals surface area contributed by atoms with Crippen molar-refractivity contribution in [3.63, 3.8) is 0 Å². The van der Waals surface area contributed by atoms with Gasteiger partial charge in [-0.2, -0.15) is 0 Å². The molecule has 2 aliphatic carbocycles. The second kappa shape index (κ2) is 16.0. The van der Waals surface area contributed by atoms with Crippen molar-refractivity contribution in [2.24, 2.45) is 0 Å². The first-order chi connectivity index (χ1) is 22.6. The van der Waals surface area contributed by atoms with Gasteiger partial charge < -0.3 is 30.3 Å². The smallest absolute Gasteiger partial charge is 0.133 e. The number of nitrogens with zero attached hydrogens (tertiary/aromatic N) is 1. The third-order valence-electron chi connectivity index (χ3n) is 9.89. The predicted molar refractivity (Wildman–Crippen MR) is 182 cm³/mol. The number of aryl methyl sites for hydroxylation is 1. The van der Waals surface area contributed by atoms with E-state index in [1.165, 1.54) is 16.7 Å². The number of benzene rings is 2. The molecule has 1 unspecified atom stereocenters. The van der Waals surface area contributed by atoms with Crippen LogP contribution in [-0.2, 0) is 16.6 Å². The van der Waals surface area contributed by atoms with Crippen molar-refractivity contribution in [3.05, 3.63) is 82.6 Å². The monoisotopic (exact) mass is 665 g/mol. The van der Waals surface area contributed by atoms with Crippen molar-refractivity contribution in [3.8, 4) is 16.9 Å². The van der Waals surface area contributed by atoms with E-state index in [1.807, 2.05) is 24.5 Å². The molecule has 0 bridgehead atoms. The van der Waals surface area contributed by atoms with Gasteiger partial charge in [0, 0.05) is 35.8 Å². The Balaban J connectivity index is 1.15. The lowest BCUT2D eigenvalue weighted by Gasteiger charge is -2.25. The number of para-hydroxylation sites is 1. The van der Waals surface area contributed by atoms with E-state index in [1.54, 1.807) is 0 Å². The number of rotatable bonds is 19. The first kappa shape index (κ1) is 35.5. The summed E-state index contributed by atoms with van der Waals surface area (Å²) in [6, 6.07) is 16.7. The molecule has 254 valence electrons. The molecule has 5 atom stereocenters. The Kier molecular flexibility index (Phi) is 12.1. The number of aliphatic hydroxyl groups is 5. The number of aliphatic hydroxyl groups excluding tert-OH is 5. The van der Waals surface area contributed by atoms with Crippen LogP contribution < -0.4 is 4.74 Å². The molecule has 0 radical (unpaired) electrons. The first-order valence-electron chi connectivity index (χ1n) is 17.0. The number of hydrogen-bond donors (Lipinski definition) is 5. The second-order valence-corrected chi connectivity index (χ2v) is 13.9. The molecule has 0 amide bonds. The Morgan fingerprint density at radius 3 is 2.45 bits per heavy atom. The van der Waals surface area contributed by atoms with Crippen LogP contribution >= 0.6 is 11.6 Å². The molecule has 2 saturated carbocycles. The number of Topliss-reactive ketones (excluding diaryl/α,β-unsaturated/α-hetero) is 1. The molecular weight excluding hydrogens is 618 g/mol. The van der Waals surface area contributed by atoms with E-state index in [0.29, 0.717) is 18.9 Å². The summed E-state index contributed by atoms with van der Waals surface area (Å²) in [6.45, 7) is 1.41. The van der Waals surface area contributed by atoms with Gasteiger partial charge in [-0.25, -0.2) is 0 Å². The average molecular weight is 666 g/mol. The molecule has 1 aromatic heterocycles. The zero-order chi connectivity index (χ0) is 33.6. The number of ketones is 1. The number of hydrogen-bond acceptors (Lipinski definition) is 8. The summed E-state index contributed by atoms with van der Waals surface area (Å²) < 4.78 is 6.27. The minimum absolute atomic E-state index is 0.0336. The zero-order valence-electron chi connectivity index (χ0n) is 27.1. The number of aromatic nitrogens is 1. The molecule has 0 spiro atoms. The van der Waals surface area contributed by atoms with Crippen LogP contribution in [0, 0.1) is 0 Å². The van der Waals surface area contributed by atoms with Crippen molar-refractivity contribution in [2.75, 3.05) is 6.61 Å². The normalized spacial score (nSPS) is 18.6. The molecule has 47 heavy (non-hydrogen) atoms. The van der Waals surface area contributed by atoms with E-state index in [4.69, 9.17) is 21.4 Å². The van der Waals surface area contributed by atoms with Crippen LogP contribution in [0.2, 0.25) is 5.02 Å². The van der Waals surface area contributed by atoms with Crippen LogP contribution in [-0.4, -0.2) is 73.4 Å². The fraction of sp³-hybridized carbons (Fsp3) is 0.526. The van der Waals surface area contributed by atoms with Crippen molar-refractivity contribution in [1.29, 1.82) is 0 Å². The van der Waals surface area contributed by atoms with Crippen molar-refractivity contribution in [2.45, 2.75) is 119 Å². The van der Waals surface area contributed by atoms with Crippen LogP contribution in [0.1, 0.15) is 93.7 Å². The average Bonchev–Trinajstić information content (AvgIpc) is 4.03. The summed E-state index contributed by atoms with van der Waals surface area (Å²) in [6.07, 6.45) is 6.08. The van der Waals surface area contributed by atoms with Crippen molar-refractivity contribution in [1.82, 2.24) is 4.98 Å². The molecule has 3 aromatic rings. The highest BCUT2D eigenvalue weighted by molar-refractivity contribution is 6.31. The van der Waals surface area contributed by atoms with Gasteiger partial charge in [0.05, 0.1) is 18.8 Å². The van der Waals surface area contributed by atoms with E-state index in [-0.39, 0.29) is 30.0 Å². The molecule has 1 heterocycles. The van der Waals surface area contributed by atoms with Crippen LogP contribution in [0.15, 0.2) is 60.9 Å². The largest absolute Gasteiger partial charge is 0.490 e. The Morgan fingerprint density at radius 2 is 1.72 bits per heavy atom. The number of carbonyl (C=O) groups is 1. The van der Waals surface area contributed by atoms with E-state index >= 15 is 0 Å². The lowest BCUT2D eigenvalue weighted by atomic mass is 9.84. The topological polar surface area (TPSA) is 140 Å². The standard InChI is InChI=1S/C38H48ClNO7/c1-24(5-4-6-27(42)10-14-33(43)36(45)37(46)34(44)23-41)25-9-13-32(39)26(21-25)15-17-38(18-19-38)31-22-40-20-16-29(31)30-7-2-3-8-35(30)47-28-11-12-28/h2-3,7-9,13,16,20-22,24,28,33-34,36-37,41,43-46H,4-6,10-12,14-15,17-19,23H2,1H3/t24?,33-,34+,36+,37+/m0/s1. The Morgan fingerprint density at radius 1 is 0.979 bits per heavy atom. The summed E-state index contributed by atoms with van der Waals surface area (Å²) in [5.74, 6) is 1.13. The van der Waals surface area contributed by atoms with Gasteiger partial charge in [-0.15, -0.1) is 0 Å². The number of pyridine rings is 1. The molecule has 0 saturated heterocycles. The van der Waals surface area contributed by atoms with Gasteiger partial charge in [-0.1, -0.05) is 48.9 Å². The summed E-state index contributed by atoms with van der Waals surface area (Å²) in [7, 11) is 0. The maximum atomic E-state index is 12.5. The Labute approximate surface area is 282 Å². The summed E-state index contributed by atoms with van der Waals surface area (Å²) in [4.78, 5) is 17.0. The van der Waals surface area contributed by atoms with Gasteiger partial charge in [0.1, 0.15) is 29.8 Å². The molecule has 2 fully saturated rings. The fourth-order valence-electron chi connectivity index (χ4n) is 6.42.